The fourth-order valence-electron chi connectivity index (χ4n) is 2.41. The Morgan fingerprint density at radius 1 is 1.42 bits per heavy atom. The van der Waals surface area contributed by atoms with Crippen molar-refractivity contribution in [3.05, 3.63) is 0 Å². The molecule has 0 saturated heterocycles. The number of ether oxygens (including phenoxy) is 1. The summed E-state index contributed by atoms with van der Waals surface area (Å²) in [6.45, 7) is 1.03. The highest BCUT2D eigenvalue weighted by Gasteiger charge is 2.28. The summed E-state index contributed by atoms with van der Waals surface area (Å²) in [6.07, 6.45) is 3.59. The highest BCUT2D eigenvalue weighted by atomic mass is 16.5. The maximum Gasteiger partial charge on any atom is 0.239 e. The maximum atomic E-state index is 12.2. The molecule has 2 amide bonds. The van der Waals surface area contributed by atoms with Crippen molar-refractivity contribution in [1.82, 2.24) is 10.2 Å². The Kier molecular flexibility index (Phi) is 6.80. The van der Waals surface area contributed by atoms with Gasteiger partial charge in [-0.15, -0.1) is 0 Å². The molecule has 0 aromatic carbocycles. The van der Waals surface area contributed by atoms with Crippen LogP contribution in [0.25, 0.3) is 0 Å². The first-order valence-electron chi connectivity index (χ1n) is 6.80. The summed E-state index contributed by atoms with van der Waals surface area (Å²) >= 11 is 0. The van der Waals surface area contributed by atoms with Crippen molar-refractivity contribution in [2.75, 3.05) is 33.9 Å². The van der Waals surface area contributed by atoms with Crippen molar-refractivity contribution in [1.29, 1.82) is 0 Å². The second-order valence-corrected chi connectivity index (χ2v) is 5.16. The molecule has 0 radical (unpaired) electrons. The van der Waals surface area contributed by atoms with Gasteiger partial charge in [-0.25, -0.2) is 0 Å². The first-order chi connectivity index (χ1) is 9.04. The van der Waals surface area contributed by atoms with Crippen LogP contribution in [-0.4, -0.2) is 56.6 Å². The molecule has 0 bridgehead atoms. The zero-order chi connectivity index (χ0) is 14.3. The Morgan fingerprint density at radius 3 is 2.79 bits per heavy atom. The van der Waals surface area contributed by atoms with Gasteiger partial charge in [-0.1, -0.05) is 6.42 Å². The Balaban J connectivity index is 2.33. The van der Waals surface area contributed by atoms with Crippen molar-refractivity contribution in [2.45, 2.75) is 31.7 Å². The summed E-state index contributed by atoms with van der Waals surface area (Å²) < 4.78 is 4.84. The smallest absolute Gasteiger partial charge is 0.239 e. The lowest BCUT2D eigenvalue weighted by Gasteiger charge is -2.29. The Morgan fingerprint density at radius 2 is 2.16 bits per heavy atom. The number of nitrogens with zero attached hydrogens (tertiary/aromatic N) is 1. The molecule has 0 spiro atoms. The number of nitrogens with one attached hydrogen (secondary N) is 1. The topological polar surface area (TPSA) is 84.7 Å². The SMILES string of the molecule is COCCNC(=O)CN(C)C(=O)C1CCCC(N)C1. The van der Waals surface area contributed by atoms with E-state index in [0.29, 0.717) is 13.2 Å². The number of nitrogens with two attached hydrogens (primary N) is 1. The number of carbonyl (C=O) groups excluding carboxylic acids is 2. The second kappa shape index (κ2) is 8.12. The molecule has 3 N–H and O–H groups in total. The van der Waals surface area contributed by atoms with Gasteiger partial charge in [0, 0.05) is 32.7 Å². The van der Waals surface area contributed by atoms with Crippen LogP contribution in [0.2, 0.25) is 0 Å². The molecule has 19 heavy (non-hydrogen) atoms. The molecular formula is C13H25N3O3. The predicted octanol–water partition coefficient (Wildman–Crippen LogP) is -0.275. The summed E-state index contributed by atoms with van der Waals surface area (Å²) in [5, 5.41) is 2.70. The van der Waals surface area contributed by atoms with E-state index in [1.54, 1.807) is 14.2 Å². The lowest BCUT2D eigenvalue weighted by atomic mass is 9.85. The normalized spacial score (nSPS) is 22.9. The minimum atomic E-state index is -0.159. The summed E-state index contributed by atoms with van der Waals surface area (Å²) in [4.78, 5) is 25.3. The summed E-state index contributed by atoms with van der Waals surface area (Å²) in [5.74, 6) is -0.162. The predicted molar refractivity (Wildman–Crippen MR) is 72.5 cm³/mol. The number of likely N-dealkylation sites (N-methyl/N-ethyl adjacent to an activating group) is 1. The van der Waals surface area contributed by atoms with Crippen LogP contribution in [0.5, 0.6) is 0 Å². The van der Waals surface area contributed by atoms with Crippen LogP contribution in [0, 0.1) is 5.92 Å². The first kappa shape index (κ1) is 15.9. The molecule has 6 nitrogen and oxygen atoms in total. The summed E-state index contributed by atoms with van der Waals surface area (Å²) in [5.41, 5.74) is 5.88. The zero-order valence-electron chi connectivity index (χ0n) is 11.9. The number of rotatable bonds is 6. The van der Waals surface area contributed by atoms with Crippen molar-refractivity contribution >= 4 is 11.8 Å². The molecule has 6 heteroatoms. The quantitative estimate of drug-likeness (QED) is 0.651. The summed E-state index contributed by atoms with van der Waals surface area (Å²) in [6, 6.07) is 0.117. The third kappa shape index (κ3) is 5.57. The van der Waals surface area contributed by atoms with Gasteiger partial charge in [0.1, 0.15) is 0 Å². The van der Waals surface area contributed by atoms with Gasteiger partial charge < -0.3 is 20.7 Å². The lowest BCUT2D eigenvalue weighted by Crippen LogP contribution is -2.43. The van der Waals surface area contributed by atoms with Crippen LogP contribution in [0.1, 0.15) is 25.7 Å². The molecule has 0 aromatic heterocycles. The van der Waals surface area contributed by atoms with Crippen molar-refractivity contribution in [2.24, 2.45) is 11.7 Å². The molecule has 0 heterocycles. The monoisotopic (exact) mass is 271 g/mol. The number of methoxy groups -OCH3 is 1. The van der Waals surface area contributed by atoms with Crippen LogP contribution < -0.4 is 11.1 Å². The van der Waals surface area contributed by atoms with Crippen molar-refractivity contribution in [3.8, 4) is 0 Å². The minimum Gasteiger partial charge on any atom is -0.383 e. The van der Waals surface area contributed by atoms with Crippen molar-refractivity contribution < 1.29 is 14.3 Å². The van der Waals surface area contributed by atoms with E-state index in [9.17, 15) is 9.59 Å². The van der Waals surface area contributed by atoms with E-state index in [-0.39, 0.29) is 30.3 Å². The molecule has 2 unspecified atom stereocenters. The second-order valence-electron chi connectivity index (χ2n) is 5.16. The van der Waals surface area contributed by atoms with Gasteiger partial charge in [-0.3, -0.25) is 9.59 Å². The fraction of sp³-hybridized carbons (Fsp3) is 0.846. The van der Waals surface area contributed by atoms with Gasteiger partial charge in [0.25, 0.3) is 0 Å². The number of hydrogen-bond acceptors (Lipinski definition) is 4. The molecule has 1 rings (SSSR count). The Hall–Kier alpha value is -1.14. The molecular weight excluding hydrogens is 246 g/mol. The molecule has 1 fully saturated rings. The largest absolute Gasteiger partial charge is 0.383 e. The van der Waals surface area contributed by atoms with Gasteiger partial charge >= 0.3 is 0 Å². The van der Waals surface area contributed by atoms with Gasteiger partial charge in [0.2, 0.25) is 11.8 Å². The van der Waals surface area contributed by atoms with Gasteiger partial charge in [-0.2, -0.15) is 0 Å². The third-order valence-corrected chi connectivity index (χ3v) is 3.45. The molecule has 2 atom stereocenters. The third-order valence-electron chi connectivity index (χ3n) is 3.45. The molecule has 0 aromatic rings. The average molecular weight is 271 g/mol. The highest BCUT2D eigenvalue weighted by molar-refractivity contribution is 5.85. The Labute approximate surface area is 114 Å². The van der Waals surface area contributed by atoms with E-state index in [0.717, 1.165) is 25.7 Å². The van der Waals surface area contributed by atoms with Gasteiger partial charge in [-0.05, 0) is 19.3 Å². The van der Waals surface area contributed by atoms with E-state index < -0.39 is 0 Å². The van der Waals surface area contributed by atoms with E-state index in [1.807, 2.05) is 0 Å². The molecule has 1 saturated carbocycles. The summed E-state index contributed by atoms with van der Waals surface area (Å²) in [7, 11) is 3.24. The van der Waals surface area contributed by atoms with Gasteiger partial charge in [0.15, 0.2) is 0 Å². The number of carbonyl (C=O) groups is 2. The highest BCUT2D eigenvalue weighted by Crippen LogP contribution is 2.24. The standard InChI is InChI=1S/C13H25N3O3/c1-16(9-12(17)15-6-7-19-2)13(18)10-4-3-5-11(14)8-10/h10-11H,3-9,14H2,1-2H3,(H,15,17). The fourth-order valence-corrected chi connectivity index (χ4v) is 2.41. The first-order valence-corrected chi connectivity index (χ1v) is 6.80. The van der Waals surface area contributed by atoms with E-state index >= 15 is 0 Å². The zero-order valence-corrected chi connectivity index (χ0v) is 11.9. The lowest BCUT2D eigenvalue weighted by molar-refractivity contribution is -0.139. The van der Waals surface area contributed by atoms with Crippen LogP contribution in [0.4, 0.5) is 0 Å². The molecule has 0 aliphatic heterocycles. The van der Waals surface area contributed by atoms with Crippen LogP contribution in [0.15, 0.2) is 0 Å². The minimum absolute atomic E-state index is 0.0250. The number of hydrogen-bond donors (Lipinski definition) is 2. The molecule has 1 aliphatic rings. The van der Waals surface area contributed by atoms with Crippen LogP contribution in [0.3, 0.4) is 0 Å². The van der Waals surface area contributed by atoms with E-state index in [4.69, 9.17) is 10.5 Å². The van der Waals surface area contributed by atoms with E-state index in [1.165, 1.54) is 4.90 Å². The Bertz CT molecular complexity index is 310. The van der Waals surface area contributed by atoms with Crippen LogP contribution >= 0.6 is 0 Å². The molecule has 110 valence electrons. The molecule has 1 aliphatic carbocycles. The van der Waals surface area contributed by atoms with Gasteiger partial charge in [0.05, 0.1) is 13.2 Å². The maximum absolute atomic E-state index is 12.2. The number of amides is 2. The van der Waals surface area contributed by atoms with E-state index in [2.05, 4.69) is 5.32 Å². The van der Waals surface area contributed by atoms with Crippen LogP contribution in [-0.2, 0) is 14.3 Å². The van der Waals surface area contributed by atoms with Crippen molar-refractivity contribution in [3.63, 3.8) is 0 Å². The average Bonchev–Trinajstić information content (AvgIpc) is 2.38.